The Bertz CT molecular complexity index is 179. The van der Waals surface area contributed by atoms with Crippen LogP contribution in [0.3, 0.4) is 0 Å². The molecule has 2 aliphatic rings. The van der Waals surface area contributed by atoms with E-state index in [0.29, 0.717) is 12.1 Å². The first-order valence-corrected chi connectivity index (χ1v) is 6.05. The molecule has 2 N–H and O–H groups in total. The Morgan fingerprint density at radius 2 is 2.07 bits per heavy atom. The zero-order chi connectivity index (χ0) is 10.5. The highest BCUT2D eigenvalue weighted by molar-refractivity contribution is 4.85. The van der Waals surface area contributed by atoms with Crippen LogP contribution in [0.2, 0.25) is 0 Å². The van der Waals surface area contributed by atoms with Crippen LogP contribution in [-0.2, 0) is 4.74 Å². The average molecular weight is 214 g/mol. The quantitative estimate of drug-likeness (QED) is 0.644. The molecule has 0 spiro atoms. The number of rotatable bonds is 6. The number of hydrogen-bond acceptors (Lipinski definition) is 4. The zero-order valence-corrected chi connectivity index (χ0v) is 9.32. The third kappa shape index (κ3) is 4.07. The summed E-state index contributed by atoms with van der Waals surface area (Å²) >= 11 is 0. The van der Waals surface area contributed by atoms with E-state index in [-0.39, 0.29) is 6.61 Å². The highest BCUT2D eigenvalue weighted by Gasteiger charge is 2.24. The fraction of sp³-hybridized carbons (Fsp3) is 1.00. The number of aliphatic hydroxyl groups excluding tert-OH is 1. The molecule has 15 heavy (non-hydrogen) atoms. The number of nitrogens with one attached hydrogen (secondary N) is 1. The summed E-state index contributed by atoms with van der Waals surface area (Å²) in [6.07, 6.45) is 3.62. The molecule has 0 aromatic rings. The lowest BCUT2D eigenvalue weighted by Gasteiger charge is -2.28. The number of ether oxygens (including phenoxy) is 1. The van der Waals surface area contributed by atoms with Gasteiger partial charge < -0.3 is 15.2 Å². The molecule has 2 fully saturated rings. The molecule has 1 aliphatic heterocycles. The average Bonchev–Trinajstić information content (AvgIpc) is 3.09. The predicted octanol–water partition coefficient (Wildman–Crippen LogP) is -0.178. The third-order valence-electron chi connectivity index (χ3n) is 3.17. The molecule has 1 saturated carbocycles. The Kier molecular flexibility index (Phi) is 4.38. The minimum absolute atomic E-state index is 0.265. The molecule has 1 atom stereocenters. The summed E-state index contributed by atoms with van der Waals surface area (Å²) in [6, 6.07) is 0.979. The first kappa shape index (κ1) is 11.3. The van der Waals surface area contributed by atoms with Crippen LogP contribution in [0.5, 0.6) is 0 Å². The molecule has 88 valence electrons. The van der Waals surface area contributed by atoms with Crippen LogP contribution >= 0.6 is 0 Å². The maximum absolute atomic E-state index is 9.23. The second kappa shape index (κ2) is 5.80. The van der Waals surface area contributed by atoms with Gasteiger partial charge in [-0.2, -0.15) is 0 Å². The molecule has 1 saturated heterocycles. The lowest BCUT2D eigenvalue weighted by molar-refractivity contribution is 0.0351. The standard InChI is InChI=1S/C11H22N2O2/c14-9-11(12-10-1-2-10)3-4-13-5-7-15-8-6-13/h10-12,14H,1-9H2. The van der Waals surface area contributed by atoms with Crippen molar-refractivity contribution in [1.29, 1.82) is 0 Å². The molecule has 0 amide bonds. The highest BCUT2D eigenvalue weighted by atomic mass is 16.5. The summed E-state index contributed by atoms with van der Waals surface area (Å²) < 4.78 is 5.30. The Balaban J connectivity index is 1.60. The minimum atomic E-state index is 0.265. The van der Waals surface area contributed by atoms with Gasteiger partial charge in [0.05, 0.1) is 19.8 Å². The van der Waals surface area contributed by atoms with Gasteiger partial charge in [-0.1, -0.05) is 0 Å². The summed E-state index contributed by atoms with van der Waals surface area (Å²) in [7, 11) is 0. The molecule has 0 aromatic carbocycles. The predicted molar refractivity (Wildman–Crippen MR) is 58.9 cm³/mol. The van der Waals surface area contributed by atoms with Gasteiger partial charge in [0.1, 0.15) is 0 Å². The third-order valence-corrected chi connectivity index (χ3v) is 3.17. The number of hydrogen-bond donors (Lipinski definition) is 2. The fourth-order valence-corrected chi connectivity index (χ4v) is 1.97. The fourth-order valence-electron chi connectivity index (χ4n) is 1.97. The molecule has 1 unspecified atom stereocenters. The van der Waals surface area contributed by atoms with Gasteiger partial charge in [0.15, 0.2) is 0 Å². The highest BCUT2D eigenvalue weighted by Crippen LogP contribution is 2.19. The van der Waals surface area contributed by atoms with Gasteiger partial charge >= 0.3 is 0 Å². The Morgan fingerprint density at radius 1 is 1.33 bits per heavy atom. The van der Waals surface area contributed by atoms with Crippen LogP contribution < -0.4 is 5.32 Å². The van der Waals surface area contributed by atoms with E-state index in [1.165, 1.54) is 12.8 Å². The van der Waals surface area contributed by atoms with E-state index in [2.05, 4.69) is 10.2 Å². The molecule has 4 heteroatoms. The molecule has 1 heterocycles. The summed E-state index contributed by atoms with van der Waals surface area (Å²) in [5.74, 6) is 0. The van der Waals surface area contributed by atoms with Crippen molar-refractivity contribution < 1.29 is 9.84 Å². The smallest absolute Gasteiger partial charge is 0.0594 e. The zero-order valence-electron chi connectivity index (χ0n) is 9.32. The molecular weight excluding hydrogens is 192 g/mol. The van der Waals surface area contributed by atoms with Crippen LogP contribution in [-0.4, -0.2) is 61.5 Å². The van der Waals surface area contributed by atoms with Crippen molar-refractivity contribution in [3.63, 3.8) is 0 Å². The number of aliphatic hydroxyl groups is 1. The van der Waals surface area contributed by atoms with Gasteiger partial charge in [0.25, 0.3) is 0 Å². The first-order chi connectivity index (χ1) is 7.38. The molecule has 0 aromatic heterocycles. The summed E-state index contributed by atoms with van der Waals surface area (Å²) in [4.78, 5) is 2.42. The molecule has 0 bridgehead atoms. The summed E-state index contributed by atoms with van der Waals surface area (Å²) in [6.45, 7) is 5.15. The van der Waals surface area contributed by atoms with Crippen molar-refractivity contribution >= 4 is 0 Å². The monoisotopic (exact) mass is 214 g/mol. The van der Waals surface area contributed by atoms with E-state index in [9.17, 15) is 5.11 Å². The van der Waals surface area contributed by atoms with Gasteiger partial charge in [-0.05, 0) is 25.8 Å². The van der Waals surface area contributed by atoms with Crippen LogP contribution in [0.4, 0.5) is 0 Å². The molecule has 0 radical (unpaired) electrons. The van der Waals surface area contributed by atoms with Crippen molar-refractivity contribution in [1.82, 2.24) is 10.2 Å². The Hall–Kier alpha value is -0.160. The molecule has 1 aliphatic carbocycles. The van der Waals surface area contributed by atoms with E-state index in [1.54, 1.807) is 0 Å². The maximum Gasteiger partial charge on any atom is 0.0594 e. The van der Waals surface area contributed by atoms with E-state index >= 15 is 0 Å². The van der Waals surface area contributed by atoms with Gasteiger partial charge in [-0.15, -0.1) is 0 Å². The lowest BCUT2D eigenvalue weighted by Crippen LogP contribution is -2.41. The van der Waals surface area contributed by atoms with E-state index in [4.69, 9.17) is 4.74 Å². The summed E-state index contributed by atoms with van der Waals surface area (Å²) in [5, 5.41) is 12.7. The van der Waals surface area contributed by atoms with Crippen LogP contribution in [0.15, 0.2) is 0 Å². The Morgan fingerprint density at radius 3 is 2.67 bits per heavy atom. The first-order valence-electron chi connectivity index (χ1n) is 6.05. The van der Waals surface area contributed by atoms with Crippen molar-refractivity contribution in [3.05, 3.63) is 0 Å². The van der Waals surface area contributed by atoms with Crippen molar-refractivity contribution in [2.24, 2.45) is 0 Å². The molecule has 2 rings (SSSR count). The maximum atomic E-state index is 9.23. The molecule has 4 nitrogen and oxygen atoms in total. The van der Waals surface area contributed by atoms with Gasteiger partial charge in [0, 0.05) is 25.2 Å². The van der Waals surface area contributed by atoms with Crippen LogP contribution in [0.25, 0.3) is 0 Å². The largest absolute Gasteiger partial charge is 0.395 e. The van der Waals surface area contributed by atoms with Crippen molar-refractivity contribution in [2.45, 2.75) is 31.3 Å². The van der Waals surface area contributed by atoms with Gasteiger partial charge in [0.2, 0.25) is 0 Å². The van der Waals surface area contributed by atoms with Gasteiger partial charge in [-0.3, -0.25) is 4.90 Å². The van der Waals surface area contributed by atoms with Gasteiger partial charge in [-0.25, -0.2) is 0 Å². The topological polar surface area (TPSA) is 44.7 Å². The number of nitrogens with zero attached hydrogens (tertiary/aromatic N) is 1. The second-order valence-corrected chi connectivity index (χ2v) is 4.56. The summed E-state index contributed by atoms with van der Waals surface area (Å²) in [5.41, 5.74) is 0. The number of morpholine rings is 1. The van der Waals surface area contributed by atoms with Crippen molar-refractivity contribution in [3.8, 4) is 0 Å². The lowest BCUT2D eigenvalue weighted by atomic mass is 10.2. The second-order valence-electron chi connectivity index (χ2n) is 4.56. The van der Waals surface area contributed by atoms with Crippen LogP contribution in [0.1, 0.15) is 19.3 Å². The van der Waals surface area contributed by atoms with E-state index in [1.807, 2.05) is 0 Å². The van der Waals surface area contributed by atoms with E-state index < -0.39 is 0 Å². The van der Waals surface area contributed by atoms with Crippen molar-refractivity contribution in [2.75, 3.05) is 39.5 Å². The SMILES string of the molecule is OCC(CCN1CCOCC1)NC1CC1. The minimum Gasteiger partial charge on any atom is -0.395 e. The van der Waals surface area contributed by atoms with Crippen LogP contribution in [0, 0.1) is 0 Å². The Labute approximate surface area is 91.6 Å². The van der Waals surface area contributed by atoms with E-state index in [0.717, 1.165) is 39.3 Å². The molecular formula is C11H22N2O2. The normalized spacial score (nSPS) is 25.4.